The third-order valence-corrected chi connectivity index (χ3v) is 3.44. The molecule has 0 bridgehead atoms. The molecule has 0 aliphatic carbocycles. The van der Waals surface area contributed by atoms with Crippen LogP contribution in [-0.4, -0.2) is 21.0 Å². The van der Waals surface area contributed by atoms with Crippen LogP contribution in [0.2, 0.25) is 0 Å². The van der Waals surface area contributed by atoms with Gasteiger partial charge in [-0.2, -0.15) is 0 Å². The molecule has 4 heteroatoms. The molecule has 0 saturated carbocycles. The molecule has 1 N–H and O–H groups in total. The molecule has 0 aliphatic rings. The Hall–Kier alpha value is -1.16. The largest absolute Gasteiger partial charge is 0.480 e. The number of hydrogen-bond acceptors (Lipinski definition) is 2. The Labute approximate surface area is 85.2 Å². The molecular weight excluding hydrogens is 200 g/mol. The normalized spacial score (nSPS) is 14.6. The topological polar surface area (TPSA) is 54.4 Å². The minimum absolute atomic E-state index is 0.353. The number of carbonyl (C=O) groups is 1. The van der Waals surface area contributed by atoms with Gasteiger partial charge < -0.3 is 5.11 Å². The number of carboxylic acids is 1. The molecule has 0 aliphatic heterocycles. The monoisotopic (exact) mass is 212 g/mol. The molecule has 76 valence electrons. The zero-order valence-electron chi connectivity index (χ0n) is 7.84. The van der Waals surface area contributed by atoms with E-state index >= 15 is 0 Å². The molecule has 2 atom stereocenters. The predicted molar refractivity (Wildman–Crippen MR) is 55.5 cm³/mol. The van der Waals surface area contributed by atoms with Gasteiger partial charge in [0, 0.05) is 16.6 Å². The lowest BCUT2D eigenvalue weighted by molar-refractivity contribution is -0.136. The molecule has 14 heavy (non-hydrogen) atoms. The SMILES string of the molecule is CCS(=O)C(C(=O)O)c1ccccc1. The van der Waals surface area contributed by atoms with Gasteiger partial charge in [0.1, 0.15) is 0 Å². The molecule has 2 unspecified atom stereocenters. The zero-order chi connectivity index (χ0) is 10.6. The van der Waals surface area contributed by atoms with Gasteiger partial charge in [-0.25, -0.2) is 0 Å². The fourth-order valence-electron chi connectivity index (χ4n) is 1.20. The Morgan fingerprint density at radius 3 is 2.43 bits per heavy atom. The van der Waals surface area contributed by atoms with E-state index in [0.29, 0.717) is 11.3 Å². The van der Waals surface area contributed by atoms with E-state index in [1.54, 1.807) is 37.3 Å². The van der Waals surface area contributed by atoms with Crippen molar-refractivity contribution < 1.29 is 14.1 Å². The Balaban J connectivity index is 3.01. The smallest absolute Gasteiger partial charge is 0.323 e. The first-order chi connectivity index (χ1) is 6.66. The maximum absolute atomic E-state index is 11.5. The summed E-state index contributed by atoms with van der Waals surface area (Å²) < 4.78 is 11.5. The van der Waals surface area contributed by atoms with Gasteiger partial charge in [-0.05, 0) is 5.56 Å². The third-order valence-electron chi connectivity index (χ3n) is 1.87. The van der Waals surface area contributed by atoms with Gasteiger partial charge in [-0.1, -0.05) is 37.3 Å². The molecule has 0 amide bonds. The Kier molecular flexibility index (Phi) is 3.83. The lowest BCUT2D eigenvalue weighted by atomic mass is 10.1. The second-order valence-electron chi connectivity index (χ2n) is 2.80. The Morgan fingerprint density at radius 2 is 2.00 bits per heavy atom. The Morgan fingerprint density at radius 1 is 1.43 bits per heavy atom. The molecule has 0 saturated heterocycles. The molecule has 1 aromatic rings. The molecule has 1 aromatic carbocycles. The van der Waals surface area contributed by atoms with Crippen molar-refractivity contribution in [2.45, 2.75) is 12.2 Å². The number of benzene rings is 1. The summed E-state index contributed by atoms with van der Waals surface area (Å²) >= 11 is 0. The maximum atomic E-state index is 11.5. The van der Waals surface area contributed by atoms with E-state index in [4.69, 9.17) is 5.11 Å². The van der Waals surface area contributed by atoms with E-state index in [-0.39, 0.29) is 0 Å². The van der Waals surface area contributed by atoms with Crippen LogP contribution in [0.4, 0.5) is 0 Å². The lowest BCUT2D eigenvalue weighted by Gasteiger charge is -2.10. The fraction of sp³-hybridized carbons (Fsp3) is 0.300. The highest BCUT2D eigenvalue weighted by Crippen LogP contribution is 2.19. The highest BCUT2D eigenvalue weighted by Gasteiger charge is 2.24. The standard InChI is InChI=1S/C10H12O3S/c1-2-14(13)9(10(11)12)8-6-4-3-5-7-8/h3-7,9H,2H2,1H3,(H,11,12). The molecule has 3 nitrogen and oxygen atoms in total. The fourth-order valence-corrected chi connectivity index (χ4v) is 2.22. The van der Waals surface area contributed by atoms with Crippen molar-refractivity contribution in [2.24, 2.45) is 0 Å². The number of rotatable bonds is 4. The van der Waals surface area contributed by atoms with Crippen molar-refractivity contribution in [3.05, 3.63) is 35.9 Å². The minimum Gasteiger partial charge on any atom is -0.480 e. The van der Waals surface area contributed by atoms with Gasteiger partial charge >= 0.3 is 5.97 Å². The first-order valence-corrected chi connectivity index (χ1v) is 5.70. The van der Waals surface area contributed by atoms with Crippen molar-refractivity contribution >= 4 is 16.8 Å². The molecule has 0 heterocycles. The van der Waals surface area contributed by atoms with Crippen molar-refractivity contribution in [3.8, 4) is 0 Å². The van der Waals surface area contributed by atoms with Crippen LogP contribution < -0.4 is 0 Å². The van der Waals surface area contributed by atoms with E-state index in [1.165, 1.54) is 0 Å². The van der Waals surface area contributed by atoms with Crippen molar-refractivity contribution in [1.82, 2.24) is 0 Å². The number of hydrogen-bond donors (Lipinski definition) is 1. The number of aliphatic carboxylic acids is 1. The zero-order valence-corrected chi connectivity index (χ0v) is 8.66. The van der Waals surface area contributed by atoms with Gasteiger partial charge in [0.05, 0.1) is 0 Å². The van der Waals surface area contributed by atoms with Crippen LogP contribution in [0.3, 0.4) is 0 Å². The lowest BCUT2D eigenvalue weighted by Crippen LogP contribution is -2.18. The van der Waals surface area contributed by atoms with Gasteiger partial charge in [-0.3, -0.25) is 9.00 Å². The summed E-state index contributed by atoms with van der Waals surface area (Å²) in [5.41, 5.74) is 0.597. The van der Waals surface area contributed by atoms with Crippen molar-refractivity contribution in [1.29, 1.82) is 0 Å². The van der Waals surface area contributed by atoms with Crippen LogP contribution in [0.25, 0.3) is 0 Å². The second-order valence-corrected chi connectivity index (χ2v) is 4.61. The van der Waals surface area contributed by atoms with Crippen LogP contribution in [-0.2, 0) is 15.6 Å². The highest BCUT2D eigenvalue weighted by atomic mass is 32.2. The van der Waals surface area contributed by atoms with E-state index in [0.717, 1.165) is 0 Å². The van der Waals surface area contributed by atoms with E-state index < -0.39 is 22.0 Å². The third kappa shape index (κ3) is 2.42. The van der Waals surface area contributed by atoms with Crippen LogP contribution >= 0.6 is 0 Å². The molecule has 0 fully saturated rings. The predicted octanol–water partition coefficient (Wildman–Crippen LogP) is 1.58. The van der Waals surface area contributed by atoms with Crippen LogP contribution in [0.5, 0.6) is 0 Å². The summed E-state index contributed by atoms with van der Waals surface area (Å²) in [5, 5.41) is 8.03. The molecular formula is C10H12O3S. The van der Waals surface area contributed by atoms with Gasteiger partial charge in [0.25, 0.3) is 0 Å². The average molecular weight is 212 g/mol. The quantitative estimate of drug-likeness (QED) is 0.824. The summed E-state index contributed by atoms with van der Waals surface area (Å²) in [7, 11) is -1.35. The summed E-state index contributed by atoms with van der Waals surface area (Å²) in [6.07, 6.45) is 0. The van der Waals surface area contributed by atoms with Gasteiger partial charge in [-0.15, -0.1) is 0 Å². The van der Waals surface area contributed by atoms with Crippen molar-refractivity contribution in [2.75, 3.05) is 5.75 Å². The van der Waals surface area contributed by atoms with Crippen LogP contribution in [0, 0.1) is 0 Å². The Bertz CT molecular complexity index is 334. The molecule has 1 rings (SSSR count). The maximum Gasteiger partial charge on any atom is 0.323 e. The number of carboxylic acid groups (broad SMARTS) is 1. The van der Waals surface area contributed by atoms with E-state index in [9.17, 15) is 9.00 Å². The van der Waals surface area contributed by atoms with E-state index in [1.807, 2.05) is 0 Å². The minimum atomic E-state index is -1.35. The van der Waals surface area contributed by atoms with Crippen LogP contribution in [0.1, 0.15) is 17.7 Å². The highest BCUT2D eigenvalue weighted by molar-refractivity contribution is 7.86. The first kappa shape index (κ1) is 10.9. The van der Waals surface area contributed by atoms with Crippen LogP contribution in [0.15, 0.2) is 30.3 Å². The molecule has 0 radical (unpaired) electrons. The first-order valence-electron chi connectivity index (χ1n) is 4.31. The van der Waals surface area contributed by atoms with E-state index in [2.05, 4.69) is 0 Å². The van der Waals surface area contributed by atoms with Gasteiger partial charge in [0.2, 0.25) is 0 Å². The second kappa shape index (κ2) is 4.91. The summed E-state index contributed by atoms with van der Waals surface area (Å²) in [6.45, 7) is 1.72. The molecule has 0 aromatic heterocycles. The molecule has 0 spiro atoms. The summed E-state index contributed by atoms with van der Waals surface area (Å²) in [5.74, 6) is -0.678. The van der Waals surface area contributed by atoms with Crippen molar-refractivity contribution in [3.63, 3.8) is 0 Å². The van der Waals surface area contributed by atoms with Gasteiger partial charge in [0.15, 0.2) is 5.25 Å². The summed E-state index contributed by atoms with van der Waals surface area (Å²) in [6, 6.07) is 8.67. The average Bonchev–Trinajstić information content (AvgIpc) is 2.19. The summed E-state index contributed by atoms with van der Waals surface area (Å²) in [4.78, 5) is 10.9.